The normalized spacial score (nSPS) is 15.4. The van der Waals surface area contributed by atoms with Crippen molar-refractivity contribution in [3.63, 3.8) is 0 Å². The van der Waals surface area contributed by atoms with Crippen LogP contribution in [0.1, 0.15) is 27.5 Å². The summed E-state index contributed by atoms with van der Waals surface area (Å²) in [5, 5.41) is 19.5. The van der Waals surface area contributed by atoms with Gasteiger partial charge in [-0.2, -0.15) is 0 Å². The van der Waals surface area contributed by atoms with Crippen molar-refractivity contribution in [2.45, 2.75) is 5.92 Å². The number of aliphatic carboxylic acids is 1. The molecule has 1 aromatic heterocycles. The molecule has 0 bridgehead atoms. The number of hydrogen-bond donors (Lipinski definition) is 2. The topological polar surface area (TPSA) is 117 Å². The van der Waals surface area contributed by atoms with Crippen molar-refractivity contribution in [2.24, 2.45) is 4.99 Å². The fraction of sp³-hybridized carbons (Fsp3) is 0.0500. The smallest absolute Gasteiger partial charge is 0.336 e. The van der Waals surface area contributed by atoms with Crippen molar-refractivity contribution in [2.75, 3.05) is 0 Å². The number of carbonyl (C=O) groups is 3. The number of carbonyl (C=O) groups excluding carboxylic acids is 1. The van der Waals surface area contributed by atoms with Gasteiger partial charge in [0.25, 0.3) is 0 Å². The first kappa shape index (κ1) is 20.5. The third kappa shape index (κ3) is 3.45. The molecule has 1 unspecified atom stereocenters. The molecule has 1 aliphatic rings. The molecule has 1 aliphatic heterocycles. The minimum absolute atomic E-state index is 0. The van der Waals surface area contributed by atoms with Crippen LogP contribution in [0.3, 0.4) is 0 Å². The van der Waals surface area contributed by atoms with Gasteiger partial charge in [-0.3, -0.25) is 9.59 Å². The van der Waals surface area contributed by atoms with Crippen molar-refractivity contribution in [1.82, 2.24) is 4.98 Å². The third-order valence-electron chi connectivity index (χ3n) is 4.41. The second kappa shape index (κ2) is 8.02. The van der Waals surface area contributed by atoms with Crippen LogP contribution >= 0.6 is 0 Å². The van der Waals surface area contributed by atoms with Crippen LogP contribution in [0.25, 0.3) is 10.9 Å². The number of carboxylic acid groups (broad SMARTS) is 2. The molecule has 133 valence electrons. The van der Waals surface area contributed by atoms with Gasteiger partial charge in [0.05, 0.1) is 22.5 Å². The Hall–Kier alpha value is -2.23. The van der Waals surface area contributed by atoms with Crippen LogP contribution in [0.4, 0.5) is 5.69 Å². The number of hydrogen-bond acceptors (Lipinski definition) is 5. The minimum atomic E-state index is -1.41. The Morgan fingerprint density at radius 2 is 1.64 bits per heavy atom. The first-order valence-corrected chi connectivity index (χ1v) is 8.05. The van der Waals surface area contributed by atoms with E-state index in [0.717, 1.165) is 0 Å². The van der Waals surface area contributed by atoms with E-state index in [1.54, 1.807) is 48.5 Å². The summed E-state index contributed by atoms with van der Waals surface area (Å²) >= 11 is 0. The zero-order chi connectivity index (χ0) is 19.1. The number of Topliss-reactive ketones (excluding diaryl/α,β-unsaturated/α-hetero) is 1. The predicted molar refractivity (Wildman–Crippen MR) is 102 cm³/mol. The van der Waals surface area contributed by atoms with Gasteiger partial charge in [0.15, 0.2) is 0 Å². The van der Waals surface area contributed by atoms with Gasteiger partial charge in [-0.15, -0.1) is 0 Å². The molecule has 0 aliphatic carbocycles. The molecule has 2 N–H and O–H groups in total. The number of aromatic nitrogens is 1. The Balaban J connectivity index is 0.00000225. The Morgan fingerprint density at radius 1 is 0.964 bits per heavy atom. The number of nitrogens with zero attached hydrogens (tertiary/aromatic N) is 2. The summed E-state index contributed by atoms with van der Waals surface area (Å²) in [6, 6.07) is 14.4. The number of benzene rings is 2. The van der Waals surface area contributed by atoms with Crippen LogP contribution in [0.5, 0.6) is 0 Å². The molecule has 0 fully saturated rings. The van der Waals surface area contributed by atoms with E-state index in [9.17, 15) is 24.6 Å². The van der Waals surface area contributed by atoms with E-state index in [-0.39, 0.29) is 68.4 Å². The Morgan fingerprint density at radius 3 is 2.36 bits per heavy atom. The molecular weight excluding hydrogens is 387 g/mol. The third-order valence-corrected chi connectivity index (χ3v) is 4.41. The van der Waals surface area contributed by atoms with Gasteiger partial charge in [-0.25, -0.2) is 14.8 Å². The maximum absolute atomic E-state index is 12.8. The summed E-state index contributed by atoms with van der Waals surface area (Å²) in [7, 11) is 0. The van der Waals surface area contributed by atoms with Gasteiger partial charge in [-0.05, 0) is 23.8 Å². The van der Waals surface area contributed by atoms with E-state index in [4.69, 9.17) is 0 Å². The predicted octanol–water partition coefficient (Wildman–Crippen LogP) is 2.42. The molecule has 0 amide bonds. The summed E-state index contributed by atoms with van der Waals surface area (Å²) in [6.45, 7) is 0. The van der Waals surface area contributed by atoms with Gasteiger partial charge in [-0.1, -0.05) is 36.4 Å². The van der Waals surface area contributed by atoms with E-state index in [1.165, 1.54) is 6.07 Å². The zero-order valence-corrected chi connectivity index (χ0v) is 17.9. The van der Waals surface area contributed by atoms with Gasteiger partial charge in [0.1, 0.15) is 11.6 Å². The number of aromatic carboxylic acids is 1. The Labute approximate surface area is 201 Å². The van der Waals surface area contributed by atoms with Crippen molar-refractivity contribution in [3.05, 3.63) is 71.4 Å². The molecule has 0 saturated carbocycles. The first-order chi connectivity index (χ1) is 13.0. The Bertz CT molecular complexity index is 1170. The minimum Gasteiger partial charge on any atom is -0.480 e. The number of fused-ring (bicyclic) bond motifs is 2. The number of ketones is 1. The van der Waals surface area contributed by atoms with Gasteiger partial charge in [0.2, 0.25) is 5.78 Å². The SMILES string of the molecule is O=C(O)c1cc(C2=Nc3ccccc3C(C(=O)O)C2=O)nc2ccccc12.[K]. The zero-order valence-electron chi connectivity index (χ0n) is 14.8. The van der Waals surface area contributed by atoms with E-state index in [2.05, 4.69) is 9.98 Å². The number of carboxylic acids is 2. The number of pyridine rings is 1. The summed E-state index contributed by atoms with van der Waals surface area (Å²) in [4.78, 5) is 44.8. The van der Waals surface area contributed by atoms with Gasteiger partial charge >= 0.3 is 11.9 Å². The maximum atomic E-state index is 12.8. The van der Waals surface area contributed by atoms with Crippen LogP contribution in [0.2, 0.25) is 0 Å². The van der Waals surface area contributed by atoms with E-state index >= 15 is 0 Å². The molecule has 7 nitrogen and oxygen atoms in total. The molecular formula is C20H12KN2O5. The molecule has 28 heavy (non-hydrogen) atoms. The molecule has 4 rings (SSSR count). The average molecular weight is 399 g/mol. The second-order valence-electron chi connectivity index (χ2n) is 6.03. The summed E-state index contributed by atoms with van der Waals surface area (Å²) in [5.74, 6) is -4.59. The van der Waals surface area contributed by atoms with Crippen LogP contribution in [0, 0.1) is 0 Å². The number of aliphatic imine (C=N–C) groups is 1. The van der Waals surface area contributed by atoms with Crippen LogP contribution in [0.15, 0.2) is 59.6 Å². The quantitative estimate of drug-likeness (QED) is 0.516. The number of rotatable bonds is 3. The average Bonchev–Trinajstić information content (AvgIpc) is 2.66. The fourth-order valence-corrected chi connectivity index (χ4v) is 3.19. The van der Waals surface area contributed by atoms with Crippen LogP contribution in [-0.4, -0.2) is 90.0 Å². The molecule has 2 heterocycles. The van der Waals surface area contributed by atoms with E-state index in [0.29, 0.717) is 22.2 Å². The van der Waals surface area contributed by atoms with Crippen molar-refractivity contribution in [3.8, 4) is 0 Å². The van der Waals surface area contributed by atoms with Crippen molar-refractivity contribution in [1.29, 1.82) is 0 Å². The maximum Gasteiger partial charge on any atom is 0.336 e. The second-order valence-corrected chi connectivity index (χ2v) is 6.03. The van der Waals surface area contributed by atoms with Gasteiger partial charge in [0, 0.05) is 56.8 Å². The van der Waals surface area contributed by atoms with Crippen LogP contribution in [-0.2, 0) is 9.59 Å². The molecule has 3 aromatic rings. The molecule has 0 saturated heterocycles. The fourth-order valence-electron chi connectivity index (χ4n) is 3.19. The molecule has 1 radical (unpaired) electrons. The van der Waals surface area contributed by atoms with E-state index in [1.807, 2.05) is 0 Å². The molecule has 1 atom stereocenters. The van der Waals surface area contributed by atoms with Crippen LogP contribution < -0.4 is 0 Å². The number of para-hydroxylation sites is 2. The van der Waals surface area contributed by atoms with E-state index < -0.39 is 23.6 Å². The summed E-state index contributed by atoms with van der Waals surface area (Å²) in [6.07, 6.45) is 0. The standard InChI is InChI=1S/C20H12N2O5.K/c23-18-16(20(26)27)11-6-2-4-8-14(11)22-17(18)15-9-12(19(24)25)10-5-1-3-7-13(10)21-15;/h1-9,16H,(H,24,25)(H,26,27);. The Kier molecular flexibility index (Phi) is 5.87. The van der Waals surface area contributed by atoms with Crippen molar-refractivity contribution < 1.29 is 24.6 Å². The first-order valence-electron chi connectivity index (χ1n) is 8.05. The van der Waals surface area contributed by atoms with Crippen molar-refractivity contribution >= 4 is 91.4 Å². The molecule has 0 spiro atoms. The molecule has 8 heteroatoms. The monoisotopic (exact) mass is 399 g/mol. The van der Waals surface area contributed by atoms with Gasteiger partial charge < -0.3 is 10.2 Å². The summed E-state index contributed by atoms with van der Waals surface area (Å²) < 4.78 is 0. The summed E-state index contributed by atoms with van der Waals surface area (Å²) in [5.41, 5.74) is 0.890. The molecule has 2 aromatic carbocycles. The largest absolute Gasteiger partial charge is 0.480 e.